The number of carbonyl (C=O) groups excluding carboxylic acids is 1. The number of hydrogen-bond donors (Lipinski definition) is 2. The van der Waals surface area contributed by atoms with E-state index in [1.54, 1.807) is 0 Å². The topological polar surface area (TPSA) is 98.3 Å². The van der Waals surface area contributed by atoms with Gasteiger partial charge in [0, 0.05) is 17.8 Å². The predicted octanol–water partition coefficient (Wildman–Crippen LogP) is 1.71. The van der Waals surface area contributed by atoms with Gasteiger partial charge in [0.2, 0.25) is 0 Å². The van der Waals surface area contributed by atoms with Gasteiger partial charge < -0.3 is 11.1 Å². The normalized spacial score (nSPS) is 21.4. The van der Waals surface area contributed by atoms with Gasteiger partial charge in [0.15, 0.2) is 0 Å². The molecule has 1 aliphatic rings. The number of amides is 1. The van der Waals surface area contributed by atoms with Crippen molar-refractivity contribution in [2.24, 2.45) is 5.92 Å². The van der Waals surface area contributed by atoms with E-state index in [0.29, 0.717) is 11.6 Å². The smallest absolute Gasteiger partial charge is 0.282 e. The zero-order chi connectivity index (χ0) is 13.3. The van der Waals surface area contributed by atoms with Crippen LogP contribution in [0.15, 0.2) is 18.2 Å². The van der Waals surface area contributed by atoms with E-state index < -0.39 is 10.8 Å². The molecule has 1 aromatic rings. The molecule has 0 saturated heterocycles. The quantitative estimate of drug-likeness (QED) is 0.482. The highest BCUT2D eigenvalue weighted by molar-refractivity contribution is 5.99. The van der Waals surface area contributed by atoms with Crippen LogP contribution in [0, 0.1) is 16.0 Å². The Labute approximate surface area is 104 Å². The number of nitrogens with two attached hydrogens (primary N) is 1. The molecule has 18 heavy (non-hydrogen) atoms. The lowest BCUT2D eigenvalue weighted by molar-refractivity contribution is -0.385. The van der Waals surface area contributed by atoms with Crippen LogP contribution >= 0.6 is 0 Å². The summed E-state index contributed by atoms with van der Waals surface area (Å²) in [5, 5.41) is 13.6. The number of nitro benzene ring substituents is 1. The van der Waals surface area contributed by atoms with Crippen LogP contribution in [-0.2, 0) is 0 Å². The molecule has 2 rings (SSSR count). The first kappa shape index (κ1) is 12.3. The van der Waals surface area contributed by atoms with Crippen LogP contribution in [0.3, 0.4) is 0 Å². The molecule has 2 atom stereocenters. The summed E-state index contributed by atoms with van der Waals surface area (Å²) in [6.45, 7) is 2.06. The zero-order valence-electron chi connectivity index (χ0n) is 10.1. The van der Waals surface area contributed by atoms with E-state index in [-0.39, 0.29) is 17.3 Å². The first-order chi connectivity index (χ1) is 8.52. The molecular formula is C12H15N3O3. The molecule has 3 N–H and O–H groups in total. The standard InChI is InChI=1S/C12H15N3O3/c1-2-7-5-10(7)14-12(16)9-6-8(13)3-4-11(9)15(17)18/h3-4,6-7,10H,2,5,13H2,1H3,(H,14,16). The maximum atomic E-state index is 12.0. The SMILES string of the molecule is CCC1CC1NC(=O)c1cc(N)ccc1[N+](=O)[O-]. The third-order valence-electron chi connectivity index (χ3n) is 3.23. The van der Waals surface area contributed by atoms with E-state index in [2.05, 4.69) is 12.2 Å². The van der Waals surface area contributed by atoms with Gasteiger partial charge >= 0.3 is 0 Å². The number of nitrogen functional groups attached to an aromatic ring is 1. The first-order valence-corrected chi connectivity index (χ1v) is 5.87. The van der Waals surface area contributed by atoms with Crippen LogP contribution in [0.5, 0.6) is 0 Å². The van der Waals surface area contributed by atoms with Crippen molar-refractivity contribution in [3.63, 3.8) is 0 Å². The van der Waals surface area contributed by atoms with E-state index in [0.717, 1.165) is 12.8 Å². The van der Waals surface area contributed by atoms with Crippen molar-refractivity contribution in [3.8, 4) is 0 Å². The Balaban J connectivity index is 2.18. The molecule has 2 unspecified atom stereocenters. The number of rotatable bonds is 4. The van der Waals surface area contributed by atoms with Gasteiger partial charge in [-0.05, 0) is 24.5 Å². The van der Waals surface area contributed by atoms with Crippen LogP contribution in [-0.4, -0.2) is 16.9 Å². The Morgan fingerprint density at radius 3 is 2.89 bits per heavy atom. The lowest BCUT2D eigenvalue weighted by Gasteiger charge is -2.06. The Kier molecular flexibility index (Phi) is 3.18. The van der Waals surface area contributed by atoms with E-state index in [1.807, 2.05) is 0 Å². The van der Waals surface area contributed by atoms with Gasteiger partial charge in [-0.3, -0.25) is 14.9 Å². The van der Waals surface area contributed by atoms with E-state index in [4.69, 9.17) is 5.73 Å². The molecule has 0 radical (unpaired) electrons. The zero-order valence-corrected chi connectivity index (χ0v) is 10.1. The molecule has 0 aromatic heterocycles. The highest BCUT2D eigenvalue weighted by Crippen LogP contribution is 2.33. The Bertz CT molecular complexity index is 501. The summed E-state index contributed by atoms with van der Waals surface area (Å²) < 4.78 is 0. The fourth-order valence-corrected chi connectivity index (χ4v) is 2.02. The summed E-state index contributed by atoms with van der Waals surface area (Å²) >= 11 is 0. The van der Waals surface area contributed by atoms with E-state index in [9.17, 15) is 14.9 Å². The molecule has 0 spiro atoms. The number of nitro groups is 1. The molecule has 1 aromatic carbocycles. The minimum absolute atomic E-state index is 0.0294. The van der Waals surface area contributed by atoms with Gasteiger partial charge in [-0.2, -0.15) is 0 Å². The average molecular weight is 249 g/mol. The molecule has 6 heteroatoms. The second-order valence-corrected chi connectivity index (χ2v) is 4.52. The Morgan fingerprint density at radius 1 is 1.61 bits per heavy atom. The number of hydrogen-bond acceptors (Lipinski definition) is 4. The maximum absolute atomic E-state index is 12.0. The van der Waals surface area contributed by atoms with Crippen LogP contribution in [0.4, 0.5) is 11.4 Å². The summed E-state index contributed by atoms with van der Waals surface area (Å²) in [4.78, 5) is 22.2. The first-order valence-electron chi connectivity index (χ1n) is 5.87. The molecule has 1 saturated carbocycles. The molecule has 1 aliphatic carbocycles. The summed E-state index contributed by atoms with van der Waals surface area (Å²) in [6, 6.07) is 4.16. The van der Waals surface area contributed by atoms with Crippen LogP contribution < -0.4 is 11.1 Å². The van der Waals surface area contributed by atoms with Crippen LogP contribution in [0.25, 0.3) is 0 Å². The number of carbonyl (C=O) groups is 1. The summed E-state index contributed by atoms with van der Waals surface area (Å²) in [5.74, 6) is 0.0732. The average Bonchev–Trinajstić information content (AvgIpc) is 3.06. The highest BCUT2D eigenvalue weighted by Gasteiger charge is 2.37. The minimum atomic E-state index is -0.571. The van der Waals surface area contributed by atoms with Gasteiger partial charge in [-0.15, -0.1) is 0 Å². The van der Waals surface area contributed by atoms with Crippen molar-refractivity contribution < 1.29 is 9.72 Å². The van der Waals surface area contributed by atoms with Crippen LogP contribution in [0.1, 0.15) is 30.1 Å². The molecule has 0 aliphatic heterocycles. The summed E-state index contributed by atoms with van der Waals surface area (Å²) in [6.07, 6.45) is 1.95. The molecular weight excluding hydrogens is 234 g/mol. The largest absolute Gasteiger partial charge is 0.399 e. The number of nitrogens with zero attached hydrogens (tertiary/aromatic N) is 1. The Morgan fingerprint density at radius 2 is 2.33 bits per heavy atom. The minimum Gasteiger partial charge on any atom is -0.399 e. The fraction of sp³-hybridized carbons (Fsp3) is 0.417. The van der Waals surface area contributed by atoms with Crippen molar-refractivity contribution in [1.82, 2.24) is 5.32 Å². The highest BCUT2D eigenvalue weighted by atomic mass is 16.6. The molecule has 1 fully saturated rings. The maximum Gasteiger partial charge on any atom is 0.282 e. The van der Waals surface area contributed by atoms with Gasteiger partial charge in [0.25, 0.3) is 11.6 Å². The molecule has 0 bridgehead atoms. The molecule has 0 heterocycles. The van der Waals surface area contributed by atoms with Crippen LogP contribution in [0.2, 0.25) is 0 Å². The van der Waals surface area contributed by atoms with E-state index >= 15 is 0 Å². The molecule has 6 nitrogen and oxygen atoms in total. The lowest BCUT2D eigenvalue weighted by Crippen LogP contribution is -2.27. The number of benzene rings is 1. The van der Waals surface area contributed by atoms with E-state index in [1.165, 1.54) is 18.2 Å². The third kappa shape index (κ3) is 2.42. The van der Waals surface area contributed by atoms with Crippen molar-refractivity contribution in [1.29, 1.82) is 0 Å². The van der Waals surface area contributed by atoms with Crippen molar-refractivity contribution in [2.75, 3.05) is 5.73 Å². The summed E-state index contributed by atoms with van der Waals surface area (Å²) in [5.41, 5.74) is 5.72. The second-order valence-electron chi connectivity index (χ2n) is 4.52. The lowest BCUT2D eigenvalue weighted by atomic mass is 10.1. The Hall–Kier alpha value is -2.11. The van der Waals surface area contributed by atoms with Crippen molar-refractivity contribution in [3.05, 3.63) is 33.9 Å². The summed E-state index contributed by atoms with van der Waals surface area (Å²) in [7, 11) is 0. The fourth-order valence-electron chi connectivity index (χ4n) is 2.02. The van der Waals surface area contributed by atoms with Gasteiger partial charge in [0.05, 0.1) is 4.92 Å². The predicted molar refractivity (Wildman–Crippen MR) is 67.2 cm³/mol. The van der Waals surface area contributed by atoms with Gasteiger partial charge in [0.1, 0.15) is 5.56 Å². The third-order valence-corrected chi connectivity index (χ3v) is 3.23. The molecule has 96 valence electrons. The monoisotopic (exact) mass is 249 g/mol. The van der Waals surface area contributed by atoms with Gasteiger partial charge in [-0.1, -0.05) is 13.3 Å². The van der Waals surface area contributed by atoms with Crippen molar-refractivity contribution >= 4 is 17.3 Å². The molecule has 1 amide bonds. The second kappa shape index (κ2) is 4.64. The number of nitrogens with one attached hydrogen (secondary N) is 1. The van der Waals surface area contributed by atoms with Crippen molar-refractivity contribution in [2.45, 2.75) is 25.8 Å². The number of anilines is 1. The van der Waals surface area contributed by atoms with Gasteiger partial charge in [-0.25, -0.2) is 0 Å².